The van der Waals surface area contributed by atoms with E-state index >= 15 is 0 Å². The van der Waals surface area contributed by atoms with Crippen molar-refractivity contribution in [1.82, 2.24) is 0 Å². The van der Waals surface area contributed by atoms with E-state index in [0.29, 0.717) is 10.6 Å². The summed E-state index contributed by atoms with van der Waals surface area (Å²) in [7, 11) is 0. The molecule has 2 N–H and O–H groups in total. The van der Waals surface area contributed by atoms with Gasteiger partial charge in [0.25, 0.3) is 0 Å². The zero-order chi connectivity index (χ0) is 9.56. The van der Waals surface area contributed by atoms with Gasteiger partial charge in [-0.1, -0.05) is 0 Å². The van der Waals surface area contributed by atoms with Gasteiger partial charge in [-0.3, -0.25) is 0 Å². The van der Waals surface area contributed by atoms with Crippen LogP contribution in [0.2, 0.25) is 0 Å². The van der Waals surface area contributed by atoms with E-state index in [-0.39, 0.29) is 5.57 Å². The van der Waals surface area contributed by atoms with Crippen molar-refractivity contribution in [1.29, 1.82) is 0 Å². The fourth-order valence-corrected chi connectivity index (χ4v) is 0.699. The van der Waals surface area contributed by atoms with Gasteiger partial charge in [-0.25, -0.2) is 0 Å². The van der Waals surface area contributed by atoms with Crippen molar-refractivity contribution in [3.05, 3.63) is 24.3 Å². The van der Waals surface area contributed by atoms with Crippen molar-refractivity contribution in [3.8, 4) is 0 Å². The van der Waals surface area contributed by atoms with Gasteiger partial charge in [0, 0.05) is 0 Å². The molecule has 0 spiro atoms. The second-order valence-corrected chi connectivity index (χ2v) is 3.61. The molecule has 0 amide bonds. The van der Waals surface area contributed by atoms with Crippen LogP contribution in [0.1, 0.15) is 6.92 Å². The van der Waals surface area contributed by atoms with Gasteiger partial charge in [0.1, 0.15) is 0 Å². The first-order valence-corrected chi connectivity index (χ1v) is 4.81. The molecule has 0 bridgehead atoms. The van der Waals surface area contributed by atoms with Gasteiger partial charge in [0.2, 0.25) is 0 Å². The van der Waals surface area contributed by atoms with E-state index in [1.165, 1.54) is 6.08 Å². The number of carbonyl (C=O) groups excluding carboxylic acids is 1. The molecule has 0 heterocycles. The summed E-state index contributed by atoms with van der Waals surface area (Å²) in [5.74, 6) is -0.509. The van der Waals surface area contributed by atoms with E-state index in [9.17, 15) is 4.79 Å². The van der Waals surface area contributed by atoms with E-state index in [0.717, 1.165) is 19.4 Å². The molecule has 0 aliphatic heterocycles. The molecule has 12 heavy (non-hydrogen) atoms. The standard InChI is InChI=1S/C8H10NO2.W/c1-3-11-8(10)7(2)5-4-6-9;/h2,4-5H,3,9H2,1H3;/q-1;/b5-4-;. The Kier molecular flexibility index (Phi) is 5.77. The molecule has 0 unspecified atom stereocenters. The van der Waals surface area contributed by atoms with Crippen LogP contribution >= 0.6 is 0 Å². The topological polar surface area (TPSA) is 52.3 Å². The molecule has 0 aromatic carbocycles. The molecule has 0 aromatic rings. The van der Waals surface area contributed by atoms with E-state index in [2.05, 4.69) is 4.74 Å². The van der Waals surface area contributed by atoms with Crippen LogP contribution in [0, 0.1) is 6.58 Å². The van der Waals surface area contributed by atoms with Gasteiger partial charge >= 0.3 is 82.4 Å². The van der Waals surface area contributed by atoms with Crippen LogP contribution in [0.25, 0.3) is 0 Å². The van der Waals surface area contributed by atoms with Crippen LogP contribution in [0.15, 0.2) is 17.7 Å². The zero-order valence-corrected chi connectivity index (χ0v) is 9.67. The van der Waals surface area contributed by atoms with Crippen molar-refractivity contribution in [2.24, 2.45) is 5.73 Å². The number of ether oxygens (including phenoxy) is 1. The Hall–Kier alpha value is -0.532. The Bertz CT molecular complexity index is 233. The zero-order valence-electron chi connectivity index (χ0n) is 6.74. The Balaban J connectivity index is 4.04. The van der Waals surface area contributed by atoms with Crippen LogP contribution < -0.4 is 5.73 Å². The molecule has 0 aliphatic rings. The van der Waals surface area contributed by atoms with Gasteiger partial charge in [0.05, 0.1) is 0 Å². The summed E-state index contributed by atoms with van der Waals surface area (Å²) in [6.07, 6.45) is 3.03. The summed E-state index contributed by atoms with van der Waals surface area (Å²) in [4.78, 5) is 10.9. The monoisotopic (exact) mass is 336 g/mol. The minimum absolute atomic E-state index is 0.0704. The Morgan fingerprint density at radius 2 is 2.25 bits per heavy atom. The second-order valence-electron chi connectivity index (χ2n) is 1.91. The maximum atomic E-state index is 10.9. The summed E-state index contributed by atoms with van der Waals surface area (Å²) in [6.45, 7) is 7.39. The molecule has 0 saturated heterocycles. The van der Waals surface area contributed by atoms with Crippen LogP contribution in [-0.4, -0.2) is 16.6 Å². The fraction of sp³-hybridized carbons (Fsp3) is 0.250. The SMILES string of the molecule is [CH-]=C(/C=C\[C](N)=[W])C(=O)OCC. The van der Waals surface area contributed by atoms with E-state index in [4.69, 9.17) is 12.3 Å². The number of nitrogens with two attached hydrogens (primary N) is 1. The van der Waals surface area contributed by atoms with Gasteiger partial charge < -0.3 is 0 Å². The van der Waals surface area contributed by atoms with E-state index in [1.807, 2.05) is 0 Å². The number of esters is 1. The van der Waals surface area contributed by atoms with Gasteiger partial charge in [-0.2, -0.15) is 0 Å². The van der Waals surface area contributed by atoms with Gasteiger partial charge in [-0.05, 0) is 0 Å². The van der Waals surface area contributed by atoms with E-state index < -0.39 is 5.97 Å². The molecule has 0 aromatic heterocycles. The normalized spacial score (nSPS) is 9.83. The molecule has 0 aliphatic carbocycles. The average molecular weight is 336 g/mol. The molecule has 0 fully saturated rings. The third-order valence-corrected chi connectivity index (χ3v) is 1.43. The summed E-state index contributed by atoms with van der Waals surface area (Å²) in [6, 6.07) is 0. The molecular formula is C8H10NO2W-. The van der Waals surface area contributed by atoms with Crippen molar-refractivity contribution in [2.75, 3.05) is 6.61 Å². The van der Waals surface area contributed by atoms with E-state index in [1.54, 1.807) is 13.0 Å². The number of hydrogen-bond donors (Lipinski definition) is 1. The minimum atomic E-state index is -0.509. The van der Waals surface area contributed by atoms with Crippen LogP contribution in [-0.2, 0) is 28.9 Å². The molecule has 3 nitrogen and oxygen atoms in total. The predicted octanol–water partition coefficient (Wildman–Crippen LogP) is 0.100. The third kappa shape index (κ3) is 5.16. The summed E-state index contributed by atoms with van der Waals surface area (Å²) in [5, 5.41) is 0. The third-order valence-electron chi connectivity index (χ3n) is 0.938. The molecule has 0 atom stereocenters. The number of carbonyl (C=O) groups is 1. The first-order valence-electron chi connectivity index (χ1n) is 3.35. The van der Waals surface area contributed by atoms with Gasteiger partial charge in [-0.15, -0.1) is 0 Å². The first-order chi connectivity index (χ1) is 5.57. The van der Waals surface area contributed by atoms with Crippen molar-refractivity contribution < 1.29 is 28.9 Å². The molecule has 0 saturated carbocycles. The maximum absolute atomic E-state index is 10.9. The van der Waals surface area contributed by atoms with Gasteiger partial charge in [0.15, 0.2) is 0 Å². The summed E-state index contributed by atoms with van der Waals surface area (Å²) >= 11 is 1.14. The van der Waals surface area contributed by atoms with Crippen molar-refractivity contribution in [2.45, 2.75) is 6.92 Å². The van der Waals surface area contributed by atoms with Crippen molar-refractivity contribution >= 4 is 9.99 Å². The Morgan fingerprint density at radius 1 is 1.67 bits per heavy atom. The Morgan fingerprint density at radius 3 is 2.67 bits per heavy atom. The fourth-order valence-electron chi connectivity index (χ4n) is 0.454. The molecular weight excluding hydrogens is 326 g/mol. The molecule has 0 radical (unpaired) electrons. The summed E-state index contributed by atoms with van der Waals surface area (Å²) in [5.41, 5.74) is 5.43. The van der Waals surface area contributed by atoms with Crippen LogP contribution in [0.3, 0.4) is 0 Å². The predicted molar refractivity (Wildman–Crippen MR) is 42.8 cm³/mol. The quantitative estimate of drug-likeness (QED) is 0.343. The average Bonchev–Trinajstić information content (AvgIpc) is 2.00. The summed E-state index contributed by atoms with van der Waals surface area (Å²) < 4.78 is 5.31. The number of hydrogen-bond acceptors (Lipinski definition) is 3. The Labute approximate surface area is 82.7 Å². The number of rotatable bonds is 4. The van der Waals surface area contributed by atoms with Crippen LogP contribution in [0.4, 0.5) is 0 Å². The second kappa shape index (κ2) is 6.04. The van der Waals surface area contributed by atoms with Crippen molar-refractivity contribution in [3.63, 3.8) is 0 Å². The van der Waals surface area contributed by atoms with Crippen LogP contribution in [0.5, 0.6) is 0 Å². The molecule has 66 valence electrons. The molecule has 0 rings (SSSR count). The molecule has 4 heteroatoms. The first kappa shape index (κ1) is 11.5.